The predicted octanol–water partition coefficient (Wildman–Crippen LogP) is 5.57. The number of rotatable bonds is 3. The fraction of sp³-hybridized carbons (Fsp3) is 0.444. The number of halogens is 2. The lowest BCUT2D eigenvalue weighted by Crippen LogP contribution is -2.32. The number of aliphatic hydroxyl groups excluding tert-OH is 1. The van der Waals surface area contributed by atoms with Crippen LogP contribution in [0.25, 0.3) is 0 Å². The average Bonchev–Trinajstić information content (AvgIpc) is 2.45. The van der Waals surface area contributed by atoms with E-state index in [1.807, 2.05) is 6.92 Å². The molecule has 1 N–H and O–H groups in total. The van der Waals surface area contributed by atoms with Crippen molar-refractivity contribution in [3.63, 3.8) is 0 Å². The minimum absolute atomic E-state index is 0.183. The van der Waals surface area contributed by atoms with Gasteiger partial charge in [-0.3, -0.25) is 0 Å². The summed E-state index contributed by atoms with van der Waals surface area (Å²) < 4.78 is 28.6. The van der Waals surface area contributed by atoms with Crippen LogP contribution in [0, 0.1) is 11.6 Å². The molecule has 0 amide bonds. The molecule has 0 radical (unpaired) electrons. The second-order valence-corrected chi connectivity index (χ2v) is 5.90. The van der Waals surface area contributed by atoms with E-state index in [4.69, 9.17) is 0 Å². The second kappa shape index (κ2) is 6.42. The molecule has 114 valence electrons. The molecule has 1 saturated carbocycles. The molecule has 0 aliphatic heterocycles. The van der Waals surface area contributed by atoms with Gasteiger partial charge < -0.3 is 5.11 Å². The van der Waals surface area contributed by atoms with Crippen LogP contribution in [-0.4, -0.2) is 5.11 Å². The Hall–Kier alpha value is -1.64. The van der Waals surface area contributed by atoms with Crippen LogP contribution in [0.1, 0.15) is 51.5 Å². The fourth-order valence-corrected chi connectivity index (χ4v) is 3.36. The first-order valence-corrected chi connectivity index (χ1v) is 7.46. The van der Waals surface area contributed by atoms with E-state index >= 15 is 0 Å². The monoisotopic (exact) mass is 292 g/mol. The Kier molecular flexibility index (Phi) is 4.81. The maximum atomic E-state index is 14.3. The molecule has 0 heterocycles. The number of allylic oxidation sites excluding steroid dienone is 4. The van der Waals surface area contributed by atoms with E-state index in [9.17, 15) is 13.9 Å². The molecule has 1 aromatic carbocycles. The van der Waals surface area contributed by atoms with Crippen LogP contribution in [0.4, 0.5) is 8.78 Å². The van der Waals surface area contributed by atoms with E-state index in [1.54, 1.807) is 19.1 Å². The third kappa shape index (κ3) is 3.17. The van der Waals surface area contributed by atoms with Crippen LogP contribution in [0.15, 0.2) is 41.7 Å². The summed E-state index contributed by atoms with van der Waals surface area (Å²) in [6.07, 6.45) is 7.87. The second-order valence-electron chi connectivity index (χ2n) is 5.90. The molecular formula is C18H22F2O. The van der Waals surface area contributed by atoms with Gasteiger partial charge in [-0.2, -0.15) is 0 Å². The van der Waals surface area contributed by atoms with Crippen molar-refractivity contribution >= 4 is 0 Å². The lowest BCUT2D eigenvalue weighted by molar-refractivity contribution is 0.317. The van der Waals surface area contributed by atoms with Gasteiger partial charge in [-0.15, -0.1) is 0 Å². The molecule has 0 bridgehead atoms. The molecule has 1 aromatic rings. The van der Waals surface area contributed by atoms with Crippen molar-refractivity contribution < 1.29 is 13.9 Å². The van der Waals surface area contributed by atoms with Crippen LogP contribution in [0.5, 0.6) is 0 Å². The zero-order valence-electron chi connectivity index (χ0n) is 12.6. The molecule has 0 aromatic heterocycles. The van der Waals surface area contributed by atoms with Crippen LogP contribution in [0.2, 0.25) is 0 Å². The minimum atomic E-state index is -0.598. The quantitative estimate of drug-likeness (QED) is 0.570. The van der Waals surface area contributed by atoms with Gasteiger partial charge in [-0.1, -0.05) is 37.0 Å². The van der Waals surface area contributed by atoms with E-state index in [0.29, 0.717) is 0 Å². The van der Waals surface area contributed by atoms with Gasteiger partial charge in [0.1, 0.15) is 11.6 Å². The molecular weight excluding hydrogens is 270 g/mol. The third-order valence-corrected chi connectivity index (χ3v) is 4.48. The molecule has 1 aliphatic carbocycles. The van der Waals surface area contributed by atoms with Crippen LogP contribution in [0.3, 0.4) is 0 Å². The lowest BCUT2D eigenvalue weighted by Gasteiger charge is -2.39. The standard InChI is InChI=1S/C18H22F2O/c1-13(9-10-14(2)21)18(11-4-3-5-12-18)17-15(19)7-6-8-16(17)20/h6-10,21H,3-5,11-12H2,1-2H3/b13-9+,14-10+. The molecule has 21 heavy (non-hydrogen) atoms. The molecule has 3 heteroatoms. The SMILES string of the molecule is C/C(O)=C\C=C(/C)C1(c2c(F)cccc2F)CCCCC1. The maximum Gasteiger partial charge on any atom is 0.130 e. The molecule has 1 nitrogen and oxygen atoms in total. The van der Waals surface area contributed by atoms with Gasteiger partial charge in [0.15, 0.2) is 0 Å². The van der Waals surface area contributed by atoms with Gasteiger partial charge in [0, 0.05) is 11.0 Å². The Morgan fingerprint density at radius 3 is 2.14 bits per heavy atom. The molecule has 0 unspecified atom stereocenters. The first kappa shape index (κ1) is 15.7. The predicted molar refractivity (Wildman–Crippen MR) is 81.3 cm³/mol. The molecule has 0 spiro atoms. The average molecular weight is 292 g/mol. The van der Waals surface area contributed by atoms with Gasteiger partial charge in [0.05, 0.1) is 5.76 Å². The molecule has 1 fully saturated rings. The highest BCUT2D eigenvalue weighted by atomic mass is 19.1. The Labute approximate surface area is 125 Å². The highest BCUT2D eigenvalue weighted by Crippen LogP contribution is 2.46. The summed E-state index contributed by atoms with van der Waals surface area (Å²) in [6.45, 7) is 3.48. The van der Waals surface area contributed by atoms with E-state index in [0.717, 1.165) is 37.7 Å². The molecule has 0 saturated heterocycles. The van der Waals surface area contributed by atoms with Gasteiger partial charge in [-0.25, -0.2) is 8.78 Å². The summed E-state index contributed by atoms with van der Waals surface area (Å²) in [5, 5.41) is 9.33. The van der Waals surface area contributed by atoms with Crippen LogP contribution in [-0.2, 0) is 5.41 Å². The van der Waals surface area contributed by atoms with Crippen molar-refractivity contribution in [2.75, 3.05) is 0 Å². The third-order valence-electron chi connectivity index (χ3n) is 4.48. The first-order chi connectivity index (χ1) is 9.97. The van der Waals surface area contributed by atoms with Crippen molar-refractivity contribution in [2.45, 2.75) is 51.4 Å². The summed E-state index contributed by atoms with van der Waals surface area (Å²) in [5.41, 5.74) is 0.488. The number of hydrogen-bond donors (Lipinski definition) is 1. The number of benzene rings is 1. The fourth-order valence-electron chi connectivity index (χ4n) is 3.36. The zero-order chi connectivity index (χ0) is 15.5. The number of aliphatic hydroxyl groups is 1. The normalized spacial score (nSPS) is 19.6. The topological polar surface area (TPSA) is 20.2 Å². The van der Waals surface area contributed by atoms with Crippen molar-refractivity contribution in [3.8, 4) is 0 Å². The first-order valence-electron chi connectivity index (χ1n) is 7.46. The Bertz CT molecular complexity index is 542. The summed E-state index contributed by atoms with van der Waals surface area (Å²) in [7, 11) is 0. The molecule has 2 rings (SSSR count). The van der Waals surface area contributed by atoms with Crippen molar-refractivity contribution in [1.82, 2.24) is 0 Å². The van der Waals surface area contributed by atoms with Crippen LogP contribution >= 0.6 is 0 Å². The highest BCUT2D eigenvalue weighted by Gasteiger charge is 2.39. The van der Waals surface area contributed by atoms with Gasteiger partial charge >= 0.3 is 0 Å². The smallest absolute Gasteiger partial charge is 0.130 e. The van der Waals surface area contributed by atoms with E-state index < -0.39 is 17.0 Å². The Morgan fingerprint density at radius 1 is 1.05 bits per heavy atom. The van der Waals surface area contributed by atoms with E-state index in [1.165, 1.54) is 18.2 Å². The van der Waals surface area contributed by atoms with Crippen molar-refractivity contribution in [2.24, 2.45) is 0 Å². The highest BCUT2D eigenvalue weighted by molar-refractivity contribution is 5.39. The maximum absolute atomic E-state index is 14.3. The number of hydrogen-bond acceptors (Lipinski definition) is 1. The van der Waals surface area contributed by atoms with Gasteiger partial charge in [0.2, 0.25) is 0 Å². The van der Waals surface area contributed by atoms with Crippen molar-refractivity contribution in [1.29, 1.82) is 0 Å². The Morgan fingerprint density at radius 2 is 1.62 bits per heavy atom. The summed E-state index contributed by atoms with van der Waals surface area (Å²) in [4.78, 5) is 0. The summed E-state index contributed by atoms with van der Waals surface area (Å²) >= 11 is 0. The summed E-state index contributed by atoms with van der Waals surface area (Å²) in [5.74, 6) is -0.766. The van der Waals surface area contributed by atoms with Gasteiger partial charge in [0.25, 0.3) is 0 Å². The van der Waals surface area contributed by atoms with Crippen LogP contribution < -0.4 is 0 Å². The molecule has 1 aliphatic rings. The summed E-state index contributed by atoms with van der Waals surface area (Å²) in [6, 6.07) is 4.06. The molecule has 0 atom stereocenters. The van der Waals surface area contributed by atoms with E-state index in [2.05, 4.69) is 0 Å². The zero-order valence-corrected chi connectivity index (χ0v) is 12.6. The largest absolute Gasteiger partial charge is 0.513 e. The lowest BCUT2D eigenvalue weighted by atomic mass is 9.65. The minimum Gasteiger partial charge on any atom is -0.513 e. The van der Waals surface area contributed by atoms with Gasteiger partial charge in [-0.05, 0) is 44.9 Å². The van der Waals surface area contributed by atoms with E-state index in [-0.39, 0.29) is 11.3 Å². The Balaban J connectivity index is 2.57. The van der Waals surface area contributed by atoms with Crippen molar-refractivity contribution in [3.05, 3.63) is 58.9 Å².